The summed E-state index contributed by atoms with van der Waals surface area (Å²) in [4.78, 5) is 15.2. The van der Waals surface area contributed by atoms with Gasteiger partial charge in [-0.3, -0.25) is 4.79 Å². The molecule has 0 fully saturated rings. The summed E-state index contributed by atoms with van der Waals surface area (Å²) >= 11 is 0. The number of aromatic nitrogens is 2. The lowest BCUT2D eigenvalue weighted by atomic mass is 10.0. The van der Waals surface area contributed by atoms with Crippen LogP contribution in [0.1, 0.15) is 11.1 Å². The van der Waals surface area contributed by atoms with Crippen LogP contribution in [-0.4, -0.2) is 20.6 Å². The van der Waals surface area contributed by atoms with Gasteiger partial charge in [0.2, 0.25) is 0 Å². The highest BCUT2D eigenvalue weighted by atomic mass is 19.4. The van der Waals surface area contributed by atoms with Crippen molar-refractivity contribution in [3.05, 3.63) is 84.2 Å². The smallest absolute Gasteiger partial charge is 0.416 e. The average molecular weight is 426 g/mol. The molecule has 0 spiro atoms. The van der Waals surface area contributed by atoms with Crippen molar-refractivity contribution in [1.29, 1.82) is 0 Å². The SMILES string of the molecule is O=C(O)Cn1ccc2cc(OCc3cccc(-c4cccc(C(F)(F)F)c4)c3)cnc21. The maximum absolute atomic E-state index is 13.0. The summed E-state index contributed by atoms with van der Waals surface area (Å²) < 4.78 is 46.3. The van der Waals surface area contributed by atoms with Crippen LogP contribution < -0.4 is 4.74 Å². The first kappa shape index (κ1) is 20.5. The number of fused-ring (bicyclic) bond motifs is 1. The van der Waals surface area contributed by atoms with Gasteiger partial charge in [-0.05, 0) is 47.0 Å². The number of hydrogen-bond acceptors (Lipinski definition) is 3. The second kappa shape index (κ2) is 8.14. The number of nitrogens with zero attached hydrogens (tertiary/aromatic N) is 2. The Morgan fingerprint density at radius 2 is 1.77 bits per heavy atom. The minimum atomic E-state index is -4.40. The monoisotopic (exact) mass is 426 g/mol. The molecule has 0 unspecified atom stereocenters. The first-order chi connectivity index (χ1) is 14.8. The second-order valence-corrected chi connectivity index (χ2v) is 6.99. The van der Waals surface area contributed by atoms with Gasteiger partial charge in [-0.25, -0.2) is 4.98 Å². The zero-order valence-electron chi connectivity index (χ0n) is 16.1. The number of benzene rings is 2. The van der Waals surface area contributed by atoms with E-state index in [9.17, 15) is 18.0 Å². The van der Waals surface area contributed by atoms with E-state index in [1.54, 1.807) is 42.6 Å². The van der Waals surface area contributed by atoms with Gasteiger partial charge in [-0.2, -0.15) is 13.2 Å². The number of alkyl halides is 3. The molecule has 4 aromatic rings. The number of halogens is 3. The van der Waals surface area contributed by atoms with E-state index < -0.39 is 17.7 Å². The van der Waals surface area contributed by atoms with Gasteiger partial charge in [-0.15, -0.1) is 0 Å². The van der Waals surface area contributed by atoms with Gasteiger partial charge < -0.3 is 14.4 Å². The molecular weight excluding hydrogens is 409 g/mol. The fourth-order valence-corrected chi connectivity index (χ4v) is 3.29. The van der Waals surface area contributed by atoms with Gasteiger partial charge in [0, 0.05) is 11.6 Å². The maximum Gasteiger partial charge on any atom is 0.416 e. The minimum absolute atomic E-state index is 0.182. The lowest BCUT2D eigenvalue weighted by molar-refractivity contribution is -0.138. The molecule has 0 aliphatic rings. The summed E-state index contributed by atoms with van der Waals surface area (Å²) in [6.07, 6.45) is -1.24. The van der Waals surface area contributed by atoms with Crippen molar-refractivity contribution in [3.8, 4) is 16.9 Å². The highest BCUT2D eigenvalue weighted by Gasteiger charge is 2.30. The number of ether oxygens (including phenoxy) is 1. The van der Waals surface area contributed by atoms with Crippen LogP contribution in [0.4, 0.5) is 13.2 Å². The van der Waals surface area contributed by atoms with Crippen LogP contribution in [0.3, 0.4) is 0 Å². The van der Waals surface area contributed by atoms with Crippen LogP contribution in [0.25, 0.3) is 22.2 Å². The molecular formula is C23H17F3N2O3. The molecule has 0 amide bonds. The molecule has 0 bridgehead atoms. The number of pyridine rings is 1. The van der Waals surface area contributed by atoms with Crippen LogP contribution in [0.15, 0.2) is 73.1 Å². The van der Waals surface area contributed by atoms with Crippen molar-refractivity contribution >= 4 is 17.0 Å². The number of hydrogen-bond donors (Lipinski definition) is 1. The van der Waals surface area contributed by atoms with Crippen LogP contribution in [0.2, 0.25) is 0 Å². The van der Waals surface area contributed by atoms with Crippen LogP contribution in [0.5, 0.6) is 5.75 Å². The molecule has 0 radical (unpaired) electrons. The molecule has 8 heteroatoms. The normalized spacial score (nSPS) is 11.6. The van der Waals surface area contributed by atoms with Crippen molar-refractivity contribution < 1.29 is 27.8 Å². The molecule has 0 saturated heterocycles. The van der Waals surface area contributed by atoms with Crippen molar-refractivity contribution in [2.75, 3.05) is 0 Å². The number of carboxylic acids is 1. The Morgan fingerprint density at radius 1 is 1.03 bits per heavy atom. The summed E-state index contributed by atoms with van der Waals surface area (Å²) in [6.45, 7) is 0.0227. The van der Waals surface area contributed by atoms with Gasteiger partial charge in [0.1, 0.15) is 24.5 Å². The molecule has 0 aliphatic carbocycles. The third-order valence-electron chi connectivity index (χ3n) is 4.74. The highest BCUT2D eigenvalue weighted by Crippen LogP contribution is 2.32. The number of rotatable bonds is 6. The van der Waals surface area contributed by atoms with E-state index in [0.29, 0.717) is 22.5 Å². The molecule has 2 aromatic heterocycles. The van der Waals surface area contributed by atoms with E-state index in [0.717, 1.165) is 23.1 Å². The third kappa shape index (κ3) is 4.69. The van der Waals surface area contributed by atoms with Gasteiger partial charge >= 0.3 is 12.1 Å². The quantitative estimate of drug-likeness (QED) is 0.449. The Morgan fingerprint density at radius 3 is 2.52 bits per heavy atom. The lowest BCUT2D eigenvalue weighted by Crippen LogP contribution is -2.07. The highest BCUT2D eigenvalue weighted by molar-refractivity contribution is 5.79. The lowest BCUT2D eigenvalue weighted by Gasteiger charge is -2.11. The summed E-state index contributed by atoms with van der Waals surface area (Å²) in [5.41, 5.74) is 1.77. The average Bonchev–Trinajstić information content (AvgIpc) is 3.13. The van der Waals surface area contributed by atoms with Gasteiger partial charge in [0.25, 0.3) is 0 Å². The molecule has 4 rings (SSSR count). The van der Waals surface area contributed by atoms with E-state index in [1.807, 2.05) is 6.07 Å². The Bertz CT molecular complexity index is 1250. The zero-order chi connectivity index (χ0) is 22.0. The molecule has 2 aromatic carbocycles. The summed E-state index contributed by atoms with van der Waals surface area (Å²) in [6, 6.07) is 15.8. The predicted molar refractivity (Wildman–Crippen MR) is 109 cm³/mol. The standard InChI is InChI=1S/C23H17F3N2O3/c24-23(25,26)19-6-2-5-17(10-19)16-4-1-3-15(9-16)14-31-20-11-18-7-8-28(13-21(29)30)22(18)27-12-20/h1-12H,13-14H2,(H,29,30). The Balaban J connectivity index is 1.50. The van der Waals surface area contributed by atoms with Gasteiger partial charge in [0.05, 0.1) is 11.8 Å². The third-order valence-corrected chi connectivity index (χ3v) is 4.74. The van der Waals surface area contributed by atoms with E-state index in [4.69, 9.17) is 9.84 Å². The number of aliphatic carboxylic acids is 1. The fraction of sp³-hybridized carbons (Fsp3) is 0.130. The maximum atomic E-state index is 13.0. The van der Waals surface area contributed by atoms with E-state index in [2.05, 4.69) is 4.98 Å². The van der Waals surface area contributed by atoms with Crippen molar-refractivity contribution in [3.63, 3.8) is 0 Å². The number of carbonyl (C=O) groups is 1. The van der Waals surface area contributed by atoms with Crippen molar-refractivity contribution in [2.24, 2.45) is 0 Å². The topological polar surface area (TPSA) is 64.3 Å². The molecule has 31 heavy (non-hydrogen) atoms. The van der Waals surface area contributed by atoms with E-state index in [1.165, 1.54) is 16.8 Å². The van der Waals surface area contributed by atoms with Crippen LogP contribution >= 0.6 is 0 Å². The predicted octanol–water partition coefficient (Wildman–Crippen LogP) is 5.39. The summed E-state index contributed by atoms with van der Waals surface area (Å²) in [5.74, 6) is -0.453. The van der Waals surface area contributed by atoms with Crippen LogP contribution in [-0.2, 0) is 24.1 Å². The molecule has 0 atom stereocenters. The largest absolute Gasteiger partial charge is 0.487 e. The van der Waals surface area contributed by atoms with Crippen molar-refractivity contribution in [1.82, 2.24) is 9.55 Å². The Hall–Kier alpha value is -3.81. The Kier molecular flexibility index (Phi) is 5.37. The Labute approximate surface area is 175 Å². The summed E-state index contributed by atoms with van der Waals surface area (Å²) in [7, 11) is 0. The fourth-order valence-electron chi connectivity index (χ4n) is 3.29. The zero-order valence-corrected chi connectivity index (χ0v) is 16.1. The molecule has 0 saturated carbocycles. The molecule has 0 aliphatic heterocycles. The number of carboxylic acid groups (broad SMARTS) is 1. The van der Waals surface area contributed by atoms with Crippen LogP contribution in [0, 0.1) is 0 Å². The molecule has 2 heterocycles. The first-order valence-corrected chi connectivity index (χ1v) is 9.36. The van der Waals surface area contributed by atoms with Crippen molar-refractivity contribution in [2.45, 2.75) is 19.3 Å². The first-order valence-electron chi connectivity index (χ1n) is 9.36. The van der Waals surface area contributed by atoms with E-state index in [-0.39, 0.29) is 13.2 Å². The molecule has 1 N–H and O–H groups in total. The van der Waals surface area contributed by atoms with E-state index >= 15 is 0 Å². The second-order valence-electron chi connectivity index (χ2n) is 6.99. The molecule has 158 valence electrons. The van der Waals surface area contributed by atoms with Gasteiger partial charge in [-0.1, -0.05) is 30.3 Å². The molecule has 5 nitrogen and oxygen atoms in total. The van der Waals surface area contributed by atoms with Gasteiger partial charge in [0.15, 0.2) is 0 Å². The minimum Gasteiger partial charge on any atom is -0.487 e. The summed E-state index contributed by atoms with van der Waals surface area (Å²) in [5, 5.41) is 9.69.